The van der Waals surface area contributed by atoms with E-state index in [1.54, 1.807) is 6.92 Å². The van der Waals surface area contributed by atoms with Gasteiger partial charge in [-0.15, -0.1) is 0 Å². The van der Waals surface area contributed by atoms with Crippen LogP contribution in [0.4, 0.5) is 0 Å². The standard InChI is InChI=1S/C16H27NO5S/c1-5-6-7-22-9-13-10(2)14(19)8-15-16(13)11(3)17(12(4)18)23(15,20)21/h8,10-11,13,15-16,19H,5-7,9H2,1-4H3/t10-,11+,13-,15+,16-/m0/s1. The van der Waals surface area contributed by atoms with E-state index in [1.807, 2.05) is 6.92 Å². The van der Waals surface area contributed by atoms with Crippen LogP contribution in [-0.4, -0.2) is 48.2 Å². The molecule has 1 fully saturated rings. The van der Waals surface area contributed by atoms with E-state index in [1.165, 1.54) is 13.0 Å². The number of amides is 1. The summed E-state index contributed by atoms with van der Waals surface area (Å²) in [5, 5.41) is 9.33. The SMILES string of the molecule is CCCCOC[C@@H]1[C@@H]2[C@@H](C)N(C(C)=O)S(=O)(=O)[C@@H]2C=C(O)[C@H]1C. The highest BCUT2D eigenvalue weighted by molar-refractivity contribution is 7.90. The number of allylic oxidation sites excluding steroid dienone is 1. The van der Waals surface area contributed by atoms with Gasteiger partial charge in [0.05, 0.1) is 12.4 Å². The summed E-state index contributed by atoms with van der Waals surface area (Å²) < 4.78 is 32.0. The maximum atomic E-state index is 12.7. The molecule has 1 amide bonds. The van der Waals surface area contributed by atoms with E-state index in [2.05, 4.69) is 6.92 Å². The lowest BCUT2D eigenvalue weighted by Crippen LogP contribution is -2.42. The van der Waals surface area contributed by atoms with Gasteiger partial charge in [-0.1, -0.05) is 20.3 Å². The van der Waals surface area contributed by atoms with E-state index >= 15 is 0 Å². The second kappa shape index (κ2) is 6.81. The van der Waals surface area contributed by atoms with Gasteiger partial charge in [-0.05, 0) is 25.3 Å². The normalized spacial score (nSPS) is 35.7. The third-order valence-corrected chi connectivity index (χ3v) is 7.40. The van der Waals surface area contributed by atoms with Crippen LogP contribution in [0.3, 0.4) is 0 Å². The average Bonchev–Trinajstić information content (AvgIpc) is 2.65. The Balaban J connectivity index is 2.31. The molecule has 1 heterocycles. The number of ether oxygens (including phenoxy) is 1. The van der Waals surface area contributed by atoms with Crippen LogP contribution in [0.2, 0.25) is 0 Å². The minimum absolute atomic E-state index is 0.0801. The van der Waals surface area contributed by atoms with Gasteiger partial charge in [-0.2, -0.15) is 0 Å². The Morgan fingerprint density at radius 1 is 1.39 bits per heavy atom. The van der Waals surface area contributed by atoms with Crippen molar-refractivity contribution in [1.82, 2.24) is 4.31 Å². The topological polar surface area (TPSA) is 83.9 Å². The number of carbonyl (C=O) groups excluding carboxylic acids is 1. The number of nitrogens with zero attached hydrogens (tertiary/aromatic N) is 1. The van der Waals surface area contributed by atoms with Gasteiger partial charge in [-0.3, -0.25) is 4.79 Å². The molecule has 0 aromatic rings. The summed E-state index contributed by atoms with van der Waals surface area (Å²) in [5.41, 5.74) is 0. The van der Waals surface area contributed by atoms with Crippen molar-refractivity contribution in [2.75, 3.05) is 13.2 Å². The molecular formula is C16H27NO5S. The Labute approximate surface area is 138 Å². The van der Waals surface area contributed by atoms with Crippen LogP contribution in [0.25, 0.3) is 0 Å². The first-order valence-electron chi connectivity index (χ1n) is 8.25. The van der Waals surface area contributed by atoms with Gasteiger partial charge in [0, 0.05) is 31.4 Å². The van der Waals surface area contributed by atoms with Crippen molar-refractivity contribution in [3.05, 3.63) is 11.8 Å². The highest BCUT2D eigenvalue weighted by Gasteiger charge is 2.57. The van der Waals surface area contributed by atoms with Crippen molar-refractivity contribution >= 4 is 15.9 Å². The van der Waals surface area contributed by atoms with Crippen molar-refractivity contribution in [2.24, 2.45) is 17.8 Å². The van der Waals surface area contributed by atoms with Gasteiger partial charge in [0.1, 0.15) is 5.25 Å². The molecular weight excluding hydrogens is 318 g/mol. The summed E-state index contributed by atoms with van der Waals surface area (Å²) in [5.74, 6) is -0.954. The van der Waals surface area contributed by atoms with Gasteiger partial charge in [-0.25, -0.2) is 12.7 Å². The summed E-state index contributed by atoms with van der Waals surface area (Å²) >= 11 is 0. The molecule has 0 aromatic carbocycles. The van der Waals surface area contributed by atoms with E-state index in [0.29, 0.717) is 13.2 Å². The number of unbranched alkanes of at least 4 members (excludes halogenated alkanes) is 1. The van der Waals surface area contributed by atoms with Crippen molar-refractivity contribution in [1.29, 1.82) is 0 Å². The lowest BCUT2D eigenvalue weighted by atomic mass is 9.72. The van der Waals surface area contributed by atoms with Crippen molar-refractivity contribution in [2.45, 2.75) is 51.8 Å². The van der Waals surface area contributed by atoms with E-state index in [-0.39, 0.29) is 23.5 Å². The zero-order valence-corrected chi connectivity index (χ0v) is 15.0. The molecule has 2 rings (SSSR count). The van der Waals surface area contributed by atoms with Crippen LogP contribution < -0.4 is 0 Å². The molecule has 1 aliphatic heterocycles. The fraction of sp³-hybridized carbons (Fsp3) is 0.812. The second-order valence-electron chi connectivity index (χ2n) is 6.61. The van der Waals surface area contributed by atoms with E-state index < -0.39 is 27.2 Å². The maximum Gasteiger partial charge on any atom is 0.244 e. The Morgan fingerprint density at radius 3 is 2.61 bits per heavy atom. The van der Waals surface area contributed by atoms with Crippen molar-refractivity contribution < 1.29 is 23.1 Å². The predicted octanol–water partition coefficient (Wildman–Crippen LogP) is 2.08. The summed E-state index contributed by atoms with van der Waals surface area (Å²) in [6, 6.07) is -0.422. The van der Waals surface area contributed by atoms with Gasteiger partial charge < -0.3 is 9.84 Å². The molecule has 23 heavy (non-hydrogen) atoms. The highest BCUT2D eigenvalue weighted by Crippen LogP contribution is 2.46. The number of aliphatic hydroxyl groups excluding tert-OH is 1. The van der Waals surface area contributed by atoms with Gasteiger partial charge in [0.25, 0.3) is 0 Å². The largest absolute Gasteiger partial charge is 0.512 e. The smallest absolute Gasteiger partial charge is 0.244 e. The Hall–Kier alpha value is -1.08. The molecule has 1 saturated heterocycles. The Bertz CT molecular complexity index is 585. The molecule has 0 radical (unpaired) electrons. The van der Waals surface area contributed by atoms with E-state index in [9.17, 15) is 18.3 Å². The molecule has 0 saturated carbocycles. The number of carbonyl (C=O) groups is 1. The number of fused-ring (bicyclic) bond motifs is 1. The molecule has 132 valence electrons. The van der Waals surface area contributed by atoms with E-state index in [0.717, 1.165) is 17.1 Å². The minimum atomic E-state index is -3.77. The van der Waals surface area contributed by atoms with Gasteiger partial charge >= 0.3 is 0 Å². The number of rotatable bonds is 5. The third-order valence-electron chi connectivity index (χ3n) is 5.13. The van der Waals surface area contributed by atoms with Crippen LogP contribution in [0, 0.1) is 17.8 Å². The zero-order valence-electron chi connectivity index (χ0n) is 14.2. The molecule has 6 nitrogen and oxygen atoms in total. The zero-order chi connectivity index (χ0) is 17.4. The number of sulfonamides is 1. The molecule has 1 aliphatic carbocycles. The molecule has 0 aromatic heterocycles. The number of hydrogen-bond acceptors (Lipinski definition) is 5. The summed E-state index contributed by atoms with van der Waals surface area (Å²) in [4.78, 5) is 11.8. The summed E-state index contributed by atoms with van der Waals surface area (Å²) in [7, 11) is -3.77. The van der Waals surface area contributed by atoms with Gasteiger partial charge in [0.2, 0.25) is 15.9 Å². The minimum Gasteiger partial charge on any atom is -0.512 e. The molecule has 5 atom stereocenters. The first-order chi connectivity index (χ1) is 10.7. The number of hydrogen-bond donors (Lipinski definition) is 1. The van der Waals surface area contributed by atoms with Crippen LogP contribution >= 0.6 is 0 Å². The summed E-state index contributed by atoms with van der Waals surface area (Å²) in [6.07, 6.45) is 3.39. The number of aliphatic hydroxyl groups is 1. The molecule has 1 N–H and O–H groups in total. The Morgan fingerprint density at radius 2 is 2.04 bits per heavy atom. The Kier molecular flexibility index (Phi) is 5.41. The predicted molar refractivity (Wildman–Crippen MR) is 87.3 cm³/mol. The first kappa shape index (κ1) is 18.3. The third kappa shape index (κ3) is 3.13. The van der Waals surface area contributed by atoms with Crippen LogP contribution in [0.5, 0.6) is 0 Å². The van der Waals surface area contributed by atoms with Crippen LogP contribution in [-0.2, 0) is 19.6 Å². The molecule has 0 bridgehead atoms. The van der Waals surface area contributed by atoms with Crippen molar-refractivity contribution in [3.8, 4) is 0 Å². The van der Waals surface area contributed by atoms with Crippen LogP contribution in [0.15, 0.2) is 11.8 Å². The molecule has 0 spiro atoms. The van der Waals surface area contributed by atoms with Gasteiger partial charge in [0.15, 0.2) is 0 Å². The summed E-state index contributed by atoms with van der Waals surface area (Å²) in [6.45, 7) is 8.01. The maximum absolute atomic E-state index is 12.7. The lowest BCUT2D eigenvalue weighted by molar-refractivity contribution is -0.126. The quantitative estimate of drug-likeness (QED) is 0.771. The first-order valence-corrected chi connectivity index (χ1v) is 9.76. The fourth-order valence-corrected chi connectivity index (χ4v) is 6.21. The molecule has 7 heteroatoms. The van der Waals surface area contributed by atoms with Crippen molar-refractivity contribution in [3.63, 3.8) is 0 Å². The average molecular weight is 345 g/mol. The lowest BCUT2D eigenvalue weighted by Gasteiger charge is -2.36. The second-order valence-corrected chi connectivity index (χ2v) is 8.58. The van der Waals surface area contributed by atoms with Crippen LogP contribution in [0.1, 0.15) is 40.5 Å². The monoisotopic (exact) mass is 345 g/mol. The van der Waals surface area contributed by atoms with E-state index in [4.69, 9.17) is 4.74 Å². The fourth-order valence-electron chi connectivity index (χ4n) is 3.85. The molecule has 0 unspecified atom stereocenters. The highest BCUT2D eigenvalue weighted by atomic mass is 32.2. The molecule has 2 aliphatic rings.